The Balaban J connectivity index is 1.51. The number of ether oxygens (including phenoxy) is 2. The van der Waals surface area contributed by atoms with Crippen molar-refractivity contribution in [1.82, 2.24) is 9.97 Å². The van der Waals surface area contributed by atoms with Gasteiger partial charge >= 0.3 is 12.4 Å². The highest BCUT2D eigenvalue weighted by atomic mass is 19.4. The molecule has 0 amide bonds. The molecular formula is C25H21F6N3O2. The van der Waals surface area contributed by atoms with Crippen LogP contribution in [0.1, 0.15) is 24.0 Å². The third kappa shape index (κ3) is 4.90. The molecule has 3 aromatic rings. The van der Waals surface area contributed by atoms with Crippen LogP contribution in [0, 0.1) is 0 Å². The molecule has 0 N–H and O–H groups in total. The molecule has 0 atom stereocenters. The Labute approximate surface area is 202 Å². The predicted octanol–water partition coefficient (Wildman–Crippen LogP) is 6.19. The fraction of sp³-hybridized carbons (Fsp3) is 0.360. The normalized spacial score (nSPS) is 18.1. The largest absolute Gasteiger partial charge is 0.416 e. The Hall–Kier alpha value is -3.18. The number of anilines is 1. The van der Waals surface area contributed by atoms with E-state index < -0.39 is 29.3 Å². The first kappa shape index (κ1) is 24.5. The summed E-state index contributed by atoms with van der Waals surface area (Å²) in [5, 5.41) is 0. The fourth-order valence-electron chi connectivity index (χ4n) is 4.45. The summed E-state index contributed by atoms with van der Waals surface area (Å²) in [6.07, 6.45) is -6.30. The Bertz CT molecular complexity index is 1210. The van der Waals surface area contributed by atoms with Gasteiger partial charge in [-0.3, -0.25) is 0 Å². The fourth-order valence-corrected chi connectivity index (χ4v) is 4.45. The molecule has 2 aliphatic heterocycles. The van der Waals surface area contributed by atoms with E-state index >= 15 is 0 Å². The molecule has 2 saturated heterocycles. The molecule has 1 aromatic heterocycles. The van der Waals surface area contributed by atoms with Gasteiger partial charge in [-0.2, -0.15) is 26.3 Å². The lowest BCUT2D eigenvalue weighted by Crippen LogP contribution is -2.45. The zero-order valence-electron chi connectivity index (χ0n) is 18.9. The van der Waals surface area contributed by atoms with E-state index in [-0.39, 0.29) is 5.82 Å². The van der Waals surface area contributed by atoms with Crippen LogP contribution in [0.4, 0.5) is 32.2 Å². The second-order valence-corrected chi connectivity index (χ2v) is 8.68. The molecule has 36 heavy (non-hydrogen) atoms. The van der Waals surface area contributed by atoms with Gasteiger partial charge in [0.1, 0.15) is 5.82 Å². The van der Waals surface area contributed by atoms with E-state index in [1.54, 1.807) is 0 Å². The van der Waals surface area contributed by atoms with Crippen LogP contribution in [0.25, 0.3) is 22.5 Å². The molecule has 0 saturated carbocycles. The number of alkyl halides is 6. The molecule has 0 bridgehead atoms. The molecule has 0 radical (unpaired) electrons. The highest BCUT2D eigenvalue weighted by Gasteiger charge is 2.40. The van der Waals surface area contributed by atoms with Gasteiger partial charge in [0.2, 0.25) is 0 Å². The molecule has 0 unspecified atom stereocenters. The van der Waals surface area contributed by atoms with Crippen LogP contribution >= 0.6 is 0 Å². The minimum atomic E-state index is -4.47. The summed E-state index contributed by atoms with van der Waals surface area (Å²) in [7, 11) is 0. The topological polar surface area (TPSA) is 47.5 Å². The van der Waals surface area contributed by atoms with E-state index in [9.17, 15) is 26.3 Å². The minimum Gasteiger partial charge on any atom is -0.356 e. The predicted molar refractivity (Wildman–Crippen MR) is 119 cm³/mol. The number of nitrogens with zero attached hydrogens (tertiary/aromatic N) is 3. The number of hydrogen-bond acceptors (Lipinski definition) is 5. The molecule has 0 aliphatic carbocycles. The van der Waals surface area contributed by atoms with Crippen LogP contribution in [0.15, 0.2) is 54.7 Å². The molecule has 11 heteroatoms. The van der Waals surface area contributed by atoms with Gasteiger partial charge < -0.3 is 14.4 Å². The summed E-state index contributed by atoms with van der Waals surface area (Å²) in [6.45, 7) is 2.05. The summed E-state index contributed by atoms with van der Waals surface area (Å²) in [5.74, 6) is 0.0458. The van der Waals surface area contributed by atoms with Crippen molar-refractivity contribution in [3.05, 3.63) is 65.9 Å². The summed E-state index contributed by atoms with van der Waals surface area (Å²) in [4.78, 5) is 10.9. The van der Waals surface area contributed by atoms with E-state index in [0.717, 1.165) is 24.3 Å². The van der Waals surface area contributed by atoms with Crippen LogP contribution in [-0.4, -0.2) is 42.1 Å². The van der Waals surface area contributed by atoms with Crippen molar-refractivity contribution in [3.8, 4) is 22.5 Å². The molecule has 3 heterocycles. The second kappa shape index (κ2) is 9.04. The molecule has 2 aromatic carbocycles. The van der Waals surface area contributed by atoms with E-state index in [2.05, 4.69) is 9.97 Å². The van der Waals surface area contributed by atoms with E-state index in [1.165, 1.54) is 30.5 Å². The zero-order chi connectivity index (χ0) is 25.6. The first-order valence-corrected chi connectivity index (χ1v) is 11.3. The van der Waals surface area contributed by atoms with Crippen molar-refractivity contribution in [2.75, 3.05) is 31.2 Å². The number of aromatic nitrogens is 2. The van der Waals surface area contributed by atoms with Crippen molar-refractivity contribution in [2.45, 2.75) is 31.0 Å². The SMILES string of the molecule is FC(F)(F)c1ccc(-c2ncc(-c3ccc(C(F)(F)F)cc3)c(N3CCC4(CC3)OCCO4)n2)cc1. The van der Waals surface area contributed by atoms with E-state index in [4.69, 9.17) is 9.47 Å². The maximum Gasteiger partial charge on any atom is 0.416 e. The van der Waals surface area contributed by atoms with Crippen LogP contribution in [-0.2, 0) is 21.8 Å². The van der Waals surface area contributed by atoms with Crippen molar-refractivity contribution >= 4 is 5.82 Å². The number of halogens is 6. The van der Waals surface area contributed by atoms with Crippen molar-refractivity contribution < 1.29 is 35.8 Å². The summed E-state index contributed by atoms with van der Waals surface area (Å²) in [5.41, 5.74) is -0.162. The maximum atomic E-state index is 13.1. The molecule has 1 spiro atoms. The number of hydrogen-bond donors (Lipinski definition) is 0. The van der Waals surface area contributed by atoms with Gasteiger partial charge in [0.25, 0.3) is 0 Å². The highest BCUT2D eigenvalue weighted by Crippen LogP contribution is 2.38. The average Bonchev–Trinajstić information content (AvgIpc) is 3.31. The third-order valence-electron chi connectivity index (χ3n) is 6.40. The minimum absolute atomic E-state index is 0.211. The average molecular weight is 509 g/mol. The lowest BCUT2D eigenvalue weighted by atomic mass is 10.0. The molecule has 5 rings (SSSR count). The van der Waals surface area contributed by atoms with Crippen molar-refractivity contribution in [1.29, 1.82) is 0 Å². The highest BCUT2D eigenvalue weighted by molar-refractivity contribution is 5.77. The molecule has 2 fully saturated rings. The van der Waals surface area contributed by atoms with Gasteiger partial charge in [0.05, 0.1) is 24.3 Å². The Morgan fingerprint density at radius 1 is 0.722 bits per heavy atom. The first-order chi connectivity index (χ1) is 17.0. The number of piperidine rings is 1. The van der Waals surface area contributed by atoms with Crippen LogP contribution in [0.2, 0.25) is 0 Å². The Kier molecular flexibility index (Phi) is 6.16. The van der Waals surface area contributed by atoms with Gasteiger partial charge in [-0.15, -0.1) is 0 Å². The lowest BCUT2D eigenvalue weighted by molar-refractivity contribution is -0.169. The van der Waals surface area contributed by atoms with E-state index in [0.29, 0.717) is 61.7 Å². The van der Waals surface area contributed by atoms with Gasteiger partial charge in [-0.25, -0.2) is 9.97 Å². The molecule has 190 valence electrons. The number of rotatable bonds is 3. The maximum absolute atomic E-state index is 13.1. The van der Waals surface area contributed by atoms with Crippen molar-refractivity contribution in [2.24, 2.45) is 0 Å². The summed E-state index contributed by atoms with van der Waals surface area (Å²) < 4.78 is 89.6. The van der Waals surface area contributed by atoms with Crippen LogP contribution in [0.3, 0.4) is 0 Å². The number of benzene rings is 2. The molecule has 2 aliphatic rings. The first-order valence-electron chi connectivity index (χ1n) is 11.3. The van der Waals surface area contributed by atoms with Gasteiger partial charge in [0.15, 0.2) is 11.6 Å². The summed E-state index contributed by atoms with van der Waals surface area (Å²) in [6, 6.07) is 9.22. The Morgan fingerprint density at radius 2 is 1.22 bits per heavy atom. The van der Waals surface area contributed by atoms with Crippen LogP contribution < -0.4 is 4.90 Å². The quantitative estimate of drug-likeness (QED) is 0.394. The standard InChI is InChI=1S/C25H21F6N3O2/c26-24(27,28)18-5-1-16(2-6-18)20-15-32-21(17-3-7-19(8-4-17)25(29,30)31)33-22(20)34-11-9-23(10-12-34)35-13-14-36-23/h1-8,15H,9-14H2. The van der Waals surface area contributed by atoms with Gasteiger partial charge in [-0.1, -0.05) is 24.3 Å². The van der Waals surface area contributed by atoms with Crippen molar-refractivity contribution in [3.63, 3.8) is 0 Å². The molecular weight excluding hydrogens is 488 g/mol. The van der Waals surface area contributed by atoms with Crippen LogP contribution in [0.5, 0.6) is 0 Å². The van der Waals surface area contributed by atoms with E-state index in [1.807, 2.05) is 4.90 Å². The third-order valence-corrected chi connectivity index (χ3v) is 6.40. The molecule has 5 nitrogen and oxygen atoms in total. The second-order valence-electron chi connectivity index (χ2n) is 8.68. The van der Waals surface area contributed by atoms with Gasteiger partial charge in [0, 0.05) is 43.3 Å². The zero-order valence-corrected chi connectivity index (χ0v) is 18.9. The smallest absolute Gasteiger partial charge is 0.356 e. The monoisotopic (exact) mass is 509 g/mol. The lowest BCUT2D eigenvalue weighted by Gasteiger charge is -2.38. The Morgan fingerprint density at radius 3 is 1.72 bits per heavy atom. The summed E-state index contributed by atoms with van der Waals surface area (Å²) >= 11 is 0. The van der Waals surface area contributed by atoms with Gasteiger partial charge in [-0.05, 0) is 29.8 Å².